The molecule has 30 heavy (non-hydrogen) atoms. The Hall–Kier alpha value is -2.73. The first-order valence-corrected chi connectivity index (χ1v) is 11.0. The molecular formula is C24H28N4O2. The van der Waals surface area contributed by atoms with Crippen LogP contribution in [-0.4, -0.2) is 40.7 Å². The number of aromatic nitrogens is 2. The van der Waals surface area contributed by atoms with Crippen LogP contribution in [0.4, 0.5) is 4.79 Å². The zero-order chi connectivity index (χ0) is 20.3. The molecule has 3 aliphatic rings. The van der Waals surface area contributed by atoms with Gasteiger partial charge in [-0.2, -0.15) is 0 Å². The maximum Gasteiger partial charge on any atom is 0.318 e. The molecule has 0 saturated carbocycles. The van der Waals surface area contributed by atoms with Crippen molar-refractivity contribution in [3.05, 3.63) is 64.2 Å². The van der Waals surface area contributed by atoms with Crippen LogP contribution in [0.15, 0.2) is 30.5 Å². The standard InChI is InChI=1S/C24H28N4O2/c29-24(26-14-18-4-5-19-2-1-3-20(19)12-18)28-9-6-21-15-25-23(27-22(21)16-28)13-17-7-10-30-11-8-17/h1-2,4-5,12,15,17H,3,6-11,13-14,16H2,(H,26,29). The van der Waals surface area contributed by atoms with Crippen molar-refractivity contribution in [2.75, 3.05) is 19.8 Å². The smallest absolute Gasteiger partial charge is 0.318 e. The lowest BCUT2D eigenvalue weighted by atomic mass is 9.96. The van der Waals surface area contributed by atoms with E-state index < -0.39 is 0 Å². The van der Waals surface area contributed by atoms with Gasteiger partial charge < -0.3 is 15.0 Å². The zero-order valence-corrected chi connectivity index (χ0v) is 17.3. The summed E-state index contributed by atoms with van der Waals surface area (Å²) in [7, 11) is 0. The van der Waals surface area contributed by atoms with E-state index in [1.54, 1.807) is 0 Å². The number of nitrogens with one attached hydrogen (secondary N) is 1. The molecule has 0 spiro atoms. The molecule has 6 heteroatoms. The Morgan fingerprint density at radius 1 is 1.23 bits per heavy atom. The number of urea groups is 1. The highest BCUT2D eigenvalue weighted by molar-refractivity contribution is 5.74. The van der Waals surface area contributed by atoms with E-state index in [4.69, 9.17) is 9.72 Å². The lowest BCUT2D eigenvalue weighted by Gasteiger charge is -2.28. The van der Waals surface area contributed by atoms with Gasteiger partial charge >= 0.3 is 6.03 Å². The number of carbonyl (C=O) groups is 1. The van der Waals surface area contributed by atoms with Crippen LogP contribution in [0.25, 0.3) is 6.08 Å². The number of hydrogen-bond donors (Lipinski definition) is 1. The summed E-state index contributed by atoms with van der Waals surface area (Å²) in [5, 5.41) is 3.08. The van der Waals surface area contributed by atoms with E-state index >= 15 is 0 Å². The molecule has 2 amide bonds. The topological polar surface area (TPSA) is 67.4 Å². The van der Waals surface area contributed by atoms with Crippen LogP contribution in [0.1, 0.15) is 46.6 Å². The number of nitrogens with zero attached hydrogens (tertiary/aromatic N) is 3. The zero-order valence-electron chi connectivity index (χ0n) is 17.3. The molecule has 1 fully saturated rings. The van der Waals surface area contributed by atoms with E-state index in [-0.39, 0.29) is 6.03 Å². The molecule has 1 N–H and O–H groups in total. The Labute approximate surface area is 177 Å². The van der Waals surface area contributed by atoms with Crippen molar-refractivity contribution in [2.45, 2.75) is 45.2 Å². The molecule has 1 saturated heterocycles. The second-order valence-corrected chi connectivity index (χ2v) is 8.49. The number of amides is 2. The molecule has 0 bridgehead atoms. The van der Waals surface area contributed by atoms with Gasteiger partial charge in [-0.05, 0) is 53.9 Å². The van der Waals surface area contributed by atoms with Crippen LogP contribution in [0.2, 0.25) is 0 Å². The van der Waals surface area contributed by atoms with Crippen LogP contribution in [0, 0.1) is 5.92 Å². The van der Waals surface area contributed by atoms with E-state index in [0.29, 0.717) is 25.6 Å². The number of carbonyl (C=O) groups excluding carboxylic acids is 1. The van der Waals surface area contributed by atoms with Gasteiger partial charge in [0.05, 0.1) is 12.2 Å². The lowest BCUT2D eigenvalue weighted by molar-refractivity contribution is 0.0659. The van der Waals surface area contributed by atoms with Crippen molar-refractivity contribution in [3.8, 4) is 0 Å². The maximum atomic E-state index is 12.8. The maximum absolute atomic E-state index is 12.8. The van der Waals surface area contributed by atoms with E-state index in [0.717, 1.165) is 62.4 Å². The minimum atomic E-state index is -0.0242. The first-order valence-electron chi connectivity index (χ1n) is 11.0. The number of rotatable bonds is 4. The molecule has 156 valence electrons. The summed E-state index contributed by atoms with van der Waals surface area (Å²) in [4.78, 5) is 24.0. The average molecular weight is 405 g/mol. The fourth-order valence-corrected chi connectivity index (χ4v) is 4.54. The minimum absolute atomic E-state index is 0.0242. The quantitative estimate of drug-likeness (QED) is 0.849. The minimum Gasteiger partial charge on any atom is -0.381 e. The van der Waals surface area contributed by atoms with Gasteiger partial charge in [-0.1, -0.05) is 30.4 Å². The van der Waals surface area contributed by atoms with Gasteiger partial charge in [0, 0.05) is 38.9 Å². The predicted octanol–water partition coefficient (Wildman–Crippen LogP) is 3.28. The summed E-state index contributed by atoms with van der Waals surface area (Å²) >= 11 is 0. The third kappa shape index (κ3) is 4.24. The molecule has 1 aromatic carbocycles. The van der Waals surface area contributed by atoms with Crippen LogP contribution < -0.4 is 5.32 Å². The third-order valence-electron chi connectivity index (χ3n) is 6.38. The first-order chi connectivity index (χ1) is 14.7. The average Bonchev–Trinajstić information content (AvgIpc) is 3.25. The Morgan fingerprint density at radius 2 is 2.13 bits per heavy atom. The molecule has 2 aromatic rings. The van der Waals surface area contributed by atoms with Gasteiger partial charge in [0.1, 0.15) is 5.82 Å². The number of benzene rings is 1. The van der Waals surface area contributed by atoms with Crippen LogP contribution in [-0.2, 0) is 37.1 Å². The molecule has 5 rings (SSSR count). The highest BCUT2D eigenvalue weighted by Crippen LogP contribution is 2.22. The molecule has 2 aliphatic heterocycles. The second kappa shape index (κ2) is 8.56. The van der Waals surface area contributed by atoms with Crippen LogP contribution >= 0.6 is 0 Å². The lowest BCUT2D eigenvalue weighted by Crippen LogP contribution is -2.43. The van der Waals surface area contributed by atoms with E-state index in [2.05, 4.69) is 40.7 Å². The molecule has 1 aliphatic carbocycles. The van der Waals surface area contributed by atoms with Crippen molar-refractivity contribution < 1.29 is 9.53 Å². The third-order valence-corrected chi connectivity index (χ3v) is 6.38. The number of fused-ring (bicyclic) bond motifs is 2. The summed E-state index contributed by atoms with van der Waals surface area (Å²) in [6.07, 6.45) is 11.1. The summed E-state index contributed by atoms with van der Waals surface area (Å²) in [5.74, 6) is 1.50. The van der Waals surface area contributed by atoms with Gasteiger partial charge in [-0.15, -0.1) is 0 Å². The highest BCUT2D eigenvalue weighted by atomic mass is 16.5. The van der Waals surface area contributed by atoms with E-state index in [1.165, 1.54) is 16.7 Å². The second-order valence-electron chi connectivity index (χ2n) is 8.49. The molecule has 6 nitrogen and oxygen atoms in total. The molecule has 0 unspecified atom stereocenters. The van der Waals surface area contributed by atoms with E-state index in [9.17, 15) is 4.79 Å². The fraction of sp³-hybridized carbons (Fsp3) is 0.458. The first kappa shape index (κ1) is 19.2. The number of hydrogen-bond acceptors (Lipinski definition) is 4. The Kier molecular flexibility index (Phi) is 5.49. The van der Waals surface area contributed by atoms with Gasteiger partial charge in [-0.3, -0.25) is 0 Å². The Bertz CT molecular complexity index is 966. The summed E-state index contributed by atoms with van der Waals surface area (Å²) in [6, 6.07) is 6.39. The van der Waals surface area contributed by atoms with Crippen molar-refractivity contribution in [3.63, 3.8) is 0 Å². The predicted molar refractivity (Wildman–Crippen MR) is 115 cm³/mol. The van der Waals surface area contributed by atoms with Crippen molar-refractivity contribution >= 4 is 12.1 Å². The highest BCUT2D eigenvalue weighted by Gasteiger charge is 2.23. The van der Waals surface area contributed by atoms with Crippen LogP contribution in [0.5, 0.6) is 0 Å². The Morgan fingerprint density at radius 3 is 3.03 bits per heavy atom. The van der Waals surface area contributed by atoms with Crippen LogP contribution in [0.3, 0.4) is 0 Å². The molecular weight excluding hydrogens is 376 g/mol. The molecule has 3 heterocycles. The molecule has 0 atom stereocenters. The molecule has 1 aromatic heterocycles. The number of ether oxygens (including phenoxy) is 1. The van der Waals surface area contributed by atoms with Crippen molar-refractivity contribution in [1.29, 1.82) is 0 Å². The summed E-state index contributed by atoms with van der Waals surface area (Å²) in [5.41, 5.74) is 5.93. The van der Waals surface area contributed by atoms with Crippen molar-refractivity contribution in [2.24, 2.45) is 5.92 Å². The Balaban J connectivity index is 1.19. The SMILES string of the molecule is O=C(NCc1ccc2c(c1)CC=C2)N1CCc2cnc(CC3CCOCC3)nc2C1. The van der Waals surface area contributed by atoms with Gasteiger partial charge in [-0.25, -0.2) is 14.8 Å². The van der Waals surface area contributed by atoms with Gasteiger partial charge in [0.15, 0.2) is 0 Å². The summed E-state index contributed by atoms with van der Waals surface area (Å²) in [6.45, 7) is 3.48. The van der Waals surface area contributed by atoms with Crippen molar-refractivity contribution in [1.82, 2.24) is 20.2 Å². The van der Waals surface area contributed by atoms with Gasteiger partial charge in [0.25, 0.3) is 0 Å². The van der Waals surface area contributed by atoms with E-state index in [1.807, 2.05) is 11.1 Å². The number of allylic oxidation sites excluding steroid dienone is 1. The van der Waals surface area contributed by atoms with Gasteiger partial charge in [0.2, 0.25) is 0 Å². The monoisotopic (exact) mass is 404 g/mol. The normalized spacial score (nSPS) is 18.2. The molecule has 0 radical (unpaired) electrons. The summed E-state index contributed by atoms with van der Waals surface area (Å²) < 4.78 is 5.45. The largest absolute Gasteiger partial charge is 0.381 e. The fourth-order valence-electron chi connectivity index (χ4n) is 4.54.